The summed E-state index contributed by atoms with van der Waals surface area (Å²) >= 11 is 0. The number of hydrogen-bond acceptors (Lipinski definition) is 6. The van der Waals surface area contributed by atoms with Crippen LogP contribution in [-0.4, -0.2) is 40.2 Å². The third-order valence-electron chi connectivity index (χ3n) is 0.996. The Bertz CT molecular complexity index is 82.3. The van der Waals surface area contributed by atoms with Crippen molar-refractivity contribution in [1.82, 2.24) is 0 Å². The van der Waals surface area contributed by atoms with E-state index in [4.69, 9.17) is 0 Å². The van der Waals surface area contributed by atoms with Crippen molar-refractivity contribution in [2.75, 3.05) is 21.3 Å². The van der Waals surface area contributed by atoms with Crippen LogP contribution in [0.1, 0.15) is 20.8 Å². The third-order valence-corrected chi connectivity index (χ3v) is 0.996. The molecule has 0 heterocycles. The third kappa shape index (κ3) is 83.9. The molecular weight excluding hydrogens is 271 g/mol. The van der Waals surface area contributed by atoms with E-state index in [-0.39, 0.29) is 24.0 Å². The minimum Gasteiger partial charge on any atom is -2.00 e. The topological polar surface area (TPSA) is 125 Å². The molecule has 1 radical (unpaired) electrons. The summed E-state index contributed by atoms with van der Waals surface area (Å²) in [4.78, 5) is 0. The maximum Gasteiger partial charge on any atom is 0.0340 e. The zero-order chi connectivity index (χ0) is 12.9. The minimum atomic E-state index is -0.866. The Hall–Kier alpha value is 0.304. The van der Waals surface area contributed by atoms with Crippen LogP contribution in [0, 0.1) is 0 Å². The van der Waals surface area contributed by atoms with Crippen molar-refractivity contribution in [3.63, 3.8) is 0 Å². The van der Waals surface area contributed by atoms with Crippen molar-refractivity contribution in [3.8, 4) is 0 Å². The predicted octanol–water partition coefficient (Wildman–Crippen LogP) is -2.10. The molecule has 0 spiro atoms. The van der Waals surface area contributed by atoms with Gasteiger partial charge in [-0.25, -0.2) is 0 Å². The average Bonchev–Trinajstić information content (AvgIpc) is 2.19. The van der Waals surface area contributed by atoms with E-state index in [9.17, 15) is 15.3 Å². The van der Waals surface area contributed by atoms with Crippen molar-refractivity contribution in [3.05, 3.63) is 0 Å². The van der Waals surface area contributed by atoms with Gasteiger partial charge in [0.2, 0.25) is 0 Å². The van der Waals surface area contributed by atoms with Gasteiger partial charge in [0.25, 0.3) is 0 Å². The Balaban J connectivity index is -0.0000000400. The summed E-state index contributed by atoms with van der Waals surface area (Å²) in [6.07, 6.45) is -2.60. The van der Waals surface area contributed by atoms with E-state index in [1.165, 1.54) is 42.1 Å². The fraction of sp³-hybridized carbons (Fsp3) is 1.00. The van der Waals surface area contributed by atoms with E-state index >= 15 is 0 Å². The van der Waals surface area contributed by atoms with E-state index < -0.39 is 18.9 Å². The summed E-state index contributed by atoms with van der Waals surface area (Å²) in [7, 11) is 4.16. The van der Waals surface area contributed by atoms with Gasteiger partial charge in [0.15, 0.2) is 0 Å². The summed E-state index contributed by atoms with van der Waals surface area (Å²) in [6.45, 7) is 4.33. The second-order valence-electron chi connectivity index (χ2n) is 2.41. The van der Waals surface area contributed by atoms with E-state index in [2.05, 4.69) is 14.2 Å². The van der Waals surface area contributed by atoms with Crippen LogP contribution in [0.3, 0.4) is 0 Å². The average molecular weight is 292 g/mol. The first-order valence-corrected chi connectivity index (χ1v) is 4.37. The molecule has 0 aromatic carbocycles. The molecule has 3 unspecified atom stereocenters. The van der Waals surface area contributed by atoms with Crippen LogP contribution in [-0.2, 0) is 38.2 Å². The first-order chi connectivity index (χ1) is 6.81. The standard InChI is InChI=1S/3C3H7O2.O.V/c3*1-3(4)5-2;;/h3*3H,1-2H3;;/q3*-1;-2;. The molecule has 0 bridgehead atoms. The van der Waals surface area contributed by atoms with Crippen LogP contribution >= 0.6 is 0 Å². The van der Waals surface area contributed by atoms with Gasteiger partial charge in [-0.05, 0) is 18.9 Å². The molecule has 0 N–H and O–H groups in total. The maximum absolute atomic E-state index is 9.67. The van der Waals surface area contributed by atoms with Crippen LogP contribution in [0.25, 0.3) is 0 Å². The number of hydrogen-bond donors (Lipinski definition) is 0. The second-order valence-corrected chi connectivity index (χ2v) is 2.41. The van der Waals surface area contributed by atoms with Crippen molar-refractivity contribution in [2.45, 2.75) is 39.6 Å². The molecule has 0 rings (SSSR count). The minimum absolute atomic E-state index is 0. The van der Waals surface area contributed by atoms with Crippen LogP contribution in [0.2, 0.25) is 0 Å². The monoisotopic (exact) mass is 292 g/mol. The zero-order valence-corrected chi connectivity index (χ0v) is 12.4. The summed E-state index contributed by atoms with van der Waals surface area (Å²) in [5.41, 5.74) is 0. The molecule has 3 atom stereocenters. The molecule has 0 aliphatic heterocycles. The van der Waals surface area contributed by atoms with Crippen LogP contribution in [0.15, 0.2) is 0 Å². The van der Waals surface area contributed by atoms with Gasteiger partial charge in [-0.15, -0.1) is 0 Å². The van der Waals surface area contributed by atoms with E-state index in [1.807, 2.05) is 0 Å². The largest absolute Gasteiger partial charge is 2.00 e. The van der Waals surface area contributed by atoms with Gasteiger partial charge in [0.1, 0.15) is 0 Å². The summed E-state index contributed by atoms with van der Waals surface area (Å²) in [5.74, 6) is 0. The van der Waals surface area contributed by atoms with Crippen molar-refractivity contribution < 1.29 is 53.6 Å². The van der Waals surface area contributed by atoms with Gasteiger partial charge in [-0.2, -0.15) is 0 Å². The maximum atomic E-state index is 9.67. The molecule has 7 nitrogen and oxygen atoms in total. The molecule has 0 aliphatic rings. The van der Waals surface area contributed by atoms with Crippen LogP contribution in [0.4, 0.5) is 0 Å². The molecule has 0 aliphatic carbocycles. The number of methoxy groups -OCH3 is 3. The fourth-order valence-corrected chi connectivity index (χ4v) is 0. The molecule has 0 fully saturated rings. The Morgan fingerprint density at radius 2 is 0.706 bits per heavy atom. The van der Waals surface area contributed by atoms with Crippen molar-refractivity contribution in [2.24, 2.45) is 0 Å². The molecule has 17 heavy (non-hydrogen) atoms. The predicted molar refractivity (Wildman–Crippen MR) is 50.1 cm³/mol. The SMILES string of the molecule is COC(C)[O-].COC(C)[O-].COC(C)[O-].[O-2].[V]. The van der Waals surface area contributed by atoms with Gasteiger partial charge in [0, 0.05) is 39.9 Å². The molecule has 0 aromatic rings. The summed E-state index contributed by atoms with van der Waals surface area (Å²) < 4.78 is 12.6. The Kier molecular flexibility index (Phi) is 45.1. The second kappa shape index (κ2) is 25.2. The van der Waals surface area contributed by atoms with E-state index in [1.54, 1.807) is 0 Å². The Morgan fingerprint density at radius 1 is 0.647 bits per heavy atom. The number of ether oxygens (including phenoxy) is 3. The van der Waals surface area contributed by atoms with E-state index in [0.29, 0.717) is 0 Å². The summed E-state index contributed by atoms with van der Waals surface area (Å²) in [5, 5.41) is 29.0. The molecule has 0 saturated heterocycles. The molecule has 0 saturated carbocycles. The molecule has 0 amide bonds. The zero-order valence-electron chi connectivity index (χ0n) is 11.0. The van der Waals surface area contributed by atoms with Gasteiger partial charge >= 0.3 is 0 Å². The van der Waals surface area contributed by atoms with Crippen molar-refractivity contribution >= 4 is 0 Å². The summed E-state index contributed by atoms with van der Waals surface area (Å²) in [6, 6.07) is 0. The quantitative estimate of drug-likeness (QED) is 0.548. The fourth-order valence-electron chi connectivity index (χ4n) is 0. The number of rotatable bonds is 3. The molecule has 8 heteroatoms. The van der Waals surface area contributed by atoms with Gasteiger partial charge in [0.05, 0.1) is 0 Å². The van der Waals surface area contributed by atoms with Crippen LogP contribution in [0.5, 0.6) is 0 Å². The molecule has 0 aromatic heterocycles. The van der Waals surface area contributed by atoms with E-state index in [0.717, 1.165) is 0 Å². The molecule has 109 valence electrons. The molecular formula is C9H21O7V-5. The normalized spacial score (nSPS) is 13.2. The Labute approximate surface area is 115 Å². The van der Waals surface area contributed by atoms with Gasteiger partial charge < -0.3 is 35.0 Å². The van der Waals surface area contributed by atoms with Crippen molar-refractivity contribution in [1.29, 1.82) is 0 Å². The van der Waals surface area contributed by atoms with Gasteiger partial charge in [-0.3, -0.25) is 0 Å². The smallest absolute Gasteiger partial charge is 0.0340 e. The Morgan fingerprint density at radius 3 is 0.706 bits per heavy atom. The first kappa shape index (κ1) is 30.4. The van der Waals surface area contributed by atoms with Crippen LogP contribution < -0.4 is 15.3 Å². The first-order valence-electron chi connectivity index (χ1n) is 4.37. The van der Waals surface area contributed by atoms with Gasteiger partial charge in [-0.1, -0.05) is 20.8 Å².